The Hall–Kier alpha value is -1.78. The van der Waals surface area contributed by atoms with Crippen molar-refractivity contribution in [2.24, 2.45) is 0 Å². The van der Waals surface area contributed by atoms with Gasteiger partial charge in [-0.05, 0) is 6.92 Å². The lowest BCUT2D eigenvalue weighted by atomic mass is 10.2. The first kappa shape index (κ1) is 7.85. The molecule has 13 heavy (non-hydrogen) atoms. The number of aromatic amines is 1. The van der Waals surface area contributed by atoms with Crippen LogP contribution in [0, 0.1) is 0 Å². The summed E-state index contributed by atoms with van der Waals surface area (Å²) < 4.78 is 0. The average Bonchev–Trinajstić information content (AvgIpc) is 2.63. The van der Waals surface area contributed by atoms with Crippen molar-refractivity contribution in [3.05, 3.63) is 18.3 Å². The molecule has 0 aliphatic heterocycles. The molecule has 0 bridgehead atoms. The molecule has 0 aliphatic rings. The Labute approximate surface area is 74.2 Å². The first-order chi connectivity index (χ1) is 6.31. The molecule has 0 radical (unpaired) electrons. The molecular weight excluding hydrogens is 168 g/mol. The van der Waals surface area contributed by atoms with Crippen molar-refractivity contribution in [2.75, 3.05) is 0 Å². The van der Waals surface area contributed by atoms with Gasteiger partial charge in [-0.2, -0.15) is 0 Å². The highest BCUT2D eigenvalue weighted by Gasteiger charge is 2.08. The monoisotopic (exact) mass is 176 g/mol. The average molecular weight is 176 g/mol. The van der Waals surface area contributed by atoms with Gasteiger partial charge in [-0.15, -0.1) is 0 Å². The Morgan fingerprint density at radius 2 is 2.38 bits per heavy atom. The van der Waals surface area contributed by atoms with Gasteiger partial charge < -0.3 is 9.78 Å². The number of carbonyl (C=O) groups is 1. The van der Waals surface area contributed by atoms with Crippen molar-refractivity contribution in [3.63, 3.8) is 0 Å². The maximum atomic E-state index is 10.5. The van der Waals surface area contributed by atoms with Crippen molar-refractivity contribution in [1.29, 1.82) is 0 Å². The van der Waals surface area contributed by atoms with E-state index >= 15 is 0 Å². The first-order valence-electron chi connectivity index (χ1n) is 3.92. The topological polar surface area (TPSA) is 71.5 Å². The van der Waals surface area contributed by atoms with Crippen molar-refractivity contribution in [3.8, 4) is 0 Å². The minimum absolute atomic E-state index is 0.277. The van der Waals surface area contributed by atoms with Crippen molar-refractivity contribution in [1.82, 2.24) is 19.9 Å². The zero-order valence-corrected chi connectivity index (χ0v) is 7.06. The highest BCUT2D eigenvalue weighted by molar-refractivity contribution is 5.69. The summed E-state index contributed by atoms with van der Waals surface area (Å²) in [7, 11) is 0. The number of aromatic nitrogens is 4. The van der Waals surface area contributed by atoms with Gasteiger partial charge in [0.25, 0.3) is 0 Å². The van der Waals surface area contributed by atoms with Gasteiger partial charge in [0.1, 0.15) is 17.6 Å². The van der Waals surface area contributed by atoms with E-state index in [0.717, 1.165) is 11.8 Å². The second-order valence-corrected chi connectivity index (χ2v) is 2.79. The Bertz CT molecular complexity index is 436. The second-order valence-electron chi connectivity index (χ2n) is 2.79. The number of H-pyrrole nitrogens is 1. The number of imidazole rings is 1. The fraction of sp³-hybridized carbons (Fsp3) is 0.250. The van der Waals surface area contributed by atoms with Crippen LogP contribution in [0.3, 0.4) is 0 Å². The quantitative estimate of drug-likeness (QED) is 0.682. The van der Waals surface area contributed by atoms with Gasteiger partial charge in [-0.3, -0.25) is 0 Å². The summed E-state index contributed by atoms with van der Waals surface area (Å²) in [6.45, 7) is 1.75. The summed E-state index contributed by atoms with van der Waals surface area (Å²) in [4.78, 5) is 25.5. The molecule has 0 aromatic carbocycles. The van der Waals surface area contributed by atoms with E-state index in [1.807, 2.05) is 0 Å². The summed E-state index contributed by atoms with van der Waals surface area (Å²) in [6.07, 6.45) is 3.99. The van der Waals surface area contributed by atoms with Crippen LogP contribution in [-0.2, 0) is 4.79 Å². The summed E-state index contributed by atoms with van der Waals surface area (Å²) in [5.41, 5.74) is 1.38. The van der Waals surface area contributed by atoms with E-state index < -0.39 is 0 Å². The maximum Gasteiger partial charge on any atom is 0.180 e. The number of nitrogens with zero attached hydrogens (tertiary/aromatic N) is 3. The van der Waals surface area contributed by atoms with Crippen molar-refractivity contribution in [2.45, 2.75) is 12.8 Å². The molecule has 2 rings (SSSR count). The lowest BCUT2D eigenvalue weighted by molar-refractivity contribution is -0.108. The molecule has 1 atom stereocenters. The number of hydrogen-bond donors (Lipinski definition) is 1. The normalized spacial score (nSPS) is 13.0. The van der Waals surface area contributed by atoms with E-state index in [9.17, 15) is 4.79 Å². The van der Waals surface area contributed by atoms with Gasteiger partial charge in [0, 0.05) is 0 Å². The second kappa shape index (κ2) is 2.93. The fourth-order valence-electron chi connectivity index (χ4n) is 1.03. The minimum Gasteiger partial charge on any atom is -0.342 e. The molecule has 5 nitrogen and oxygen atoms in total. The molecule has 1 unspecified atom stereocenters. The molecule has 5 heteroatoms. The Morgan fingerprint density at radius 3 is 3.15 bits per heavy atom. The van der Waals surface area contributed by atoms with Crippen molar-refractivity contribution < 1.29 is 4.79 Å². The van der Waals surface area contributed by atoms with Gasteiger partial charge in [-0.25, -0.2) is 15.0 Å². The van der Waals surface area contributed by atoms with Crippen LogP contribution < -0.4 is 0 Å². The molecule has 0 amide bonds. The van der Waals surface area contributed by atoms with Crippen LogP contribution in [0.25, 0.3) is 11.2 Å². The van der Waals surface area contributed by atoms with E-state index in [4.69, 9.17) is 0 Å². The van der Waals surface area contributed by atoms with Gasteiger partial charge >= 0.3 is 0 Å². The standard InChI is InChI=1S/C8H8N4O/c1-5(3-13)7-9-2-6-8(12-7)11-4-10-6/h2-5H,1H3,(H,9,10,11,12). The molecule has 0 aliphatic carbocycles. The Kier molecular flexibility index (Phi) is 1.77. The predicted octanol–water partition coefficient (Wildman–Crippen LogP) is 0.655. The molecule has 1 N–H and O–H groups in total. The first-order valence-corrected chi connectivity index (χ1v) is 3.92. The van der Waals surface area contributed by atoms with Crippen LogP contribution in [0.5, 0.6) is 0 Å². The molecule has 2 aromatic rings. The lowest BCUT2D eigenvalue weighted by Crippen LogP contribution is -2.01. The lowest BCUT2D eigenvalue weighted by Gasteiger charge is -1.99. The van der Waals surface area contributed by atoms with E-state index in [1.54, 1.807) is 19.4 Å². The van der Waals surface area contributed by atoms with Gasteiger partial charge in [0.2, 0.25) is 0 Å². The maximum absolute atomic E-state index is 10.5. The fourth-order valence-corrected chi connectivity index (χ4v) is 1.03. The summed E-state index contributed by atoms with van der Waals surface area (Å²) in [5.74, 6) is 0.232. The highest BCUT2D eigenvalue weighted by Crippen LogP contribution is 2.10. The van der Waals surface area contributed by atoms with Crippen LogP contribution in [0.2, 0.25) is 0 Å². The largest absolute Gasteiger partial charge is 0.342 e. The molecule has 0 spiro atoms. The summed E-state index contributed by atoms with van der Waals surface area (Å²) >= 11 is 0. The van der Waals surface area contributed by atoms with E-state index in [-0.39, 0.29) is 5.92 Å². The number of hydrogen-bond acceptors (Lipinski definition) is 4. The van der Waals surface area contributed by atoms with Crippen LogP contribution in [0.15, 0.2) is 12.5 Å². The SMILES string of the molecule is CC(C=O)c1ncc2[nH]cnc2n1. The summed E-state index contributed by atoms with van der Waals surface area (Å²) in [5, 5.41) is 0. The minimum atomic E-state index is -0.277. The molecular formula is C8H8N4O. The Balaban J connectivity index is 2.53. The molecule has 66 valence electrons. The molecule has 0 saturated heterocycles. The van der Waals surface area contributed by atoms with E-state index in [1.165, 1.54) is 0 Å². The number of nitrogens with one attached hydrogen (secondary N) is 1. The van der Waals surface area contributed by atoms with Gasteiger partial charge in [0.05, 0.1) is 18.4 Å². The van der Waals surface area contributed by atoms with Crippen LogP contribution >= 0.6 is 0 Å². The Morgan fingerprint density at radius 1 is 1.54 bits per heavy atom. The molecule has 0 saturated carbocycles. The molecule has 2 aromatic heterocycles. The van der Waals surface area contributed by atoms with E-state index in [2.05, 4.69) is 19.9 Å². The zero-order chi connectivity index (χ0) is 9.26. The van der Waals surface area contributed by atoms with E-state index in [0.29, 0.717) is 11.5 Å². The van der Waals surface area contributed by atoms with Gasteiger partial charge in [-0.1, -0.05) is 0 Å². The predicted molar refractivity (Wildman–Crippen MR) is 46.2 cm³/mol. The van der Waals surface area contributed by atoms with Crippen LogP contribution in [0.1, 0.15) is 18.7 Å². The van der Waals surface area contributed by atoms with Crippen molar-refractivity contribution >= 4 is 17.5 Å². The zero-order valence-electron chi connectivity index (χ0n) is 7.06. The smallest absolute Gasteiger partial charge is 0.180 e. The third-order valence-corrected chi connectivity index (χ3v) is 1.81. The third-order valence-electron chi connectivity index (χ3n) is 1.81. The summed E-state index contributed by atoms with van der Waals surface area (Å²) in [6, 6.07) is 0. The van der Waals surface area contributed by atoms with Crippen LogP contribution in [0.4, 0.5) is 0 Å². The number of carbonyl (C=O) groups excluding carboxylic acids is 1. The molecule has 0 fully saturated rings. The number of fused-ring (bicyclic) bond motifs is 1. The van der Waals surface area contributed by atoms with Gasteiger partial charge in [0.15, 0.2) is 5.65 Å². The van der Waals surface area contributed by atoms with Crippen LogP contribution in [-0.4, -0.2) is 26.2 Å². The highest BCUT2D eigenvalue weighted by atomic mass is 16.1. The molecule has 2 heterocycles. The third kappa shape index (κ3) is 1.28. The number of rotatable bonds is 2. The number of aldehydes is 1.